The normalized spacial score (nSPS) is 17.4. The number of amides is 1. The largest absolute Gasteiger partial charge is 0.333 e. The number of fused-ring (bicyclic) bond motifs is 3. The molecule has 0 radical (unpaired) electrons. The van der Waals surface area contributed by atoms with Crippen LogP contribution in [0.25, 0.3) is 22.2 Å². The van der Waals surface area contributed by atoms with Crippen LogP contribution in [0.15, 0.2) is 47.5 Å². The summed E-state index contributed by atoms with van der Waals surface area (Å²) in [6.45, 7) is 1.43. The molecule has 0 N–H and O–H groups in total. The number of nitrogens with zero attached hydrogens (tertiary/aromatic N) is 3. The summed E-state index contributed by atoms with van der Waals surface area (Å²) in [7, 11) is -3.34. The average molecular weight is 381 g/mol. The molecule has 6 nitrogen and oxygen atoms in total. The molecule has 0 bridgehead atoms. The summed E-state index contributed by atoms with van der Waals surface area (Å²) in [4.78, 5) is 20.0. The van der Waals surface area contributed by atoms with Gasteiger partial charge in [0, 0.05) is 37.1 Å². The van der Waals surface area contributed by atoms with Gasteiger partial charge in [-0.25, -0.2) is 8.42 Å². The summed E-state index contributed by atoms with van der Waals surface area (Å²) in [6.07, 6.45) is 5.02. The van der Waals surface area contributed by atoms with E-state index in [1.54, 1.807) is 24.4 Å². The van der Waals surface area contributed by atoms with Crippen molar-refractivity contribution in [2.24, 2.45) is 0 Å². The van der Waals surface area contributed by atoms with Gasteiger partial charge in [-0.1, -0.05) is 12.1 Å². The number of aromatic nitrogens is 2. The predicted molar refractivity (Wildman–Crippen MR) is 102 cm³/mol. The lowest BCUT2D eigenvalue weighted by Gasteiger charge is -2.29. The van der Waals surface area contributed by atoms with Gasteiger partial charge in [-0.05, 0) is 42.7 Å². The van der Waals surface area contributed by atoms with E-state index in [2.05, 4.69) is 4.98 Å². The van der Waals surface area contributed by atoms with Crippen molar-refractivity contribution < 1.29 is 13.2 Å². The topological polar surface area (TPSA) is 72.3 Å². The van der Waals surface area contributed by atoms with Crippen molar-refractivity contribution in [1.82, 2.24) is 14.5 Å². The smallest absolute Gasteiger partial charge is 0.271 e. The van der Waals surface area contributed by atoms with E-state index in [9.17, 15) is 13.2 Å². The van der Waals surface area contributed by atoms with Crippen molar-refractivity contribution in [2.45, 2.75) is 30.3 Å². The summed E-state index contributed by atoms with van der Waals surface area (Å²) in [6, 6.07) is 11.0. The van der Waals surface area contributed by atoms with Gasteiger partial charge >= 0.3 is 0 Å². The minimum absolute atomic E-state index is 0.0153. The van der Waals surface area contributed by atoms with Gasteiger partial charge in [0.05, 0.1) is 15.9 Å². The Morgan fingerprint density at radius 1 is 1.11 bits per heavy atom. The Morgan fingerprint density at radius 2 is 1.93 bits per heavy atom. The number of pyridine rings is 1. The maximum atomic E-state index is 13.3. The highest BCUT2D eigenvalue weighted by Gasteiger charge is 2.39. The third kappa shape index (κ3) is 2.56. The molecule has 138 valence electrons. The van der Waals surface area contributed by atoms with E-state index in [1.165, 1.54) is 6.26 Å². The molecule has 2 aromatic heterocycles. The van der Waals surface area contributed by atoms with Crippen LogP contribution < -0.4 is 0 Å². The Morgan fingerprint density at radius 3 is 2.67 bits per heavy atom. The third-order valence-corrected chi connectivity index (χ3v) is 6.50. The summed E-state index contributed by atoms with van der Waals surface area (Å²) >= 11 is 0. The van der Waals surface area contributed by atoms with Crippen LogP contribution in [0.1, 0.15) is 23.3 Å². The van der Waals surface area contributed by atoms with Crippen LogP contribution >= 0.6 is 0 Å². The maximum absolute atomic E-state index is 13.3. The Kier molecular flexibility index (Phi) is 3.46. The summed E-state index contributed by atoms with van der Waals surface area (Å²) in [5.74, 6) is 0.0153. The molecule has 1 saturated carbocycles. The molecule has 0 atom stereocenters. The van der Waals surface area contributed by atoms with E-state index in [4.69, 9.17) is 0 Å². The number of hydrogen-bond donors (Lipinski definition) is 0. The van der Waals surface area contributed by atoms with Crippen molar-refractivity contribution in [1.29, 1.82) is 0 Å². The second-order valence-electron chi connectivity index (χ2n) is 7.28. The standard InChI is InChI=1S/C20H19N3O3S/c1-27(25,26)15-5-2-4-13(12-15)17-18-16(6-3-9-21-18)23-11-10-22(14-7-8-14)20(24)19(17)23/h2-6,9,12,14H,7-8,10-11H2,1H3. The van der Waals surface area contributed by atoms with Gasteiger partial charge in [0.15, 0.2) is 9.84 Å². The lowest BCUT2D eigenvalue weighted by Crippen LogP contribution is -2.41. The van der Waals surface area contributed by atoms with Crippen molar-refractivity contribution in [3.8, 4) is 11.1 Å². The fourth-order valence-electron chi connectivity index (χ4n) is 3.97. The van der Waals surface area contributed by atoms with Crippen LogP contribution in [0.3, 0.4) is 0 Å². The van der Waals surface area contributed by atoms with Crippen molar-refractivity contribution >= 4 is 26.8 Å². The highest BCUT2D eigenvalue weighted by Crippen LogP contribution is 2.39. The molecule has 3 heterocycles. The minimum Gasteiger partial charge on any atom is -0.333 e. The second kappa shape index (κ2) is 5.66. The van der Waals surface area contributed by atoms with E-state index >= 15 is 0 Å². The molecule has 0 unspecified atom stereocenters. The van der Waals surface area contributed by atoms with Gasteiger partial charge in [-0.3, -0.25) is 9.78 Å². The lowest BCUT2D eigenvalue weighted by molar-refractivity contribution is 0.0694. The van der Waals surface area contributed by atoms with Gasteiger partial charge in [0.2, 0.25) is 0 Å². The van der Waals surface area contributed by atoms with E-state index in [0.717, 1.165) is 36.0 Å². The lowest BCUT2D eigenvalue weighted by atomic mass is 10.0. The molecule has 1 aliphatic heterocycles. The maximum Gasteiger partial charge on any atom is 0.271 e. The van der Waals surface area contributed by atoms with Crippen molar-refractivity contribution in [3.05, 3.63) is 48.3 Å². The van der Waals surface area contributed by atoms with Crippen LogP contribution in [-0.2, 0) is 16.4 Å². The van der Waals surface area contributed by atoms with Gasteiger partial charge in [-0.2, -0.15) is 0 Å². The fourth-order valence-corrected chi connectivity index (χ4v) is 4.63. The average Bonchev–Trinajstić information content (AvgIpc) is 3.43. The number of hydrogen-bond acceptors (Lipinski definition) is 4. The molecule has 7 heteroatoms. The SMILES string of the molecule is CS(=O)(=O)c1cccc(-c2c3n(c4cccnc24)CCN(C2CC2)C3=O)c1. The number of sulfone groups is 1. The van der Waals surface area contributed by atoms with E-state index < -0.39 is 9.84 Å². The highest BCUT2D eigenvalue weighted by molar-refractivity contribution is 7.90. The van der Waals surface area contributed by atoms with Gasteiger partial charge < -0.3 is 9.47 Å². The Hall–Kier alpha value is -2.67. The molecular weight excluding hydrogens is 362 g/mol. The number of carbonyl (C=O) groups is 1. The van der Waals surface area contributed by atoms with E-state index in [1.807, 2.05) is 27.7 Å². The monoisotopic (exact) mass is 381 g/mol. The Bertz CT molecular complexity index is 1190. The molecule has 0 spiro atoms. The molecule has 1 aromatic carbocycles. The molecule has 2 aliphatic rings. The van der Waals surface area contributed by atoms with Gasteiger partial charge in [0.25, 0.3) is 5.91 Å². The first-order chi connectivity index (χ1) is 12.9. The number of carbonyl (C=O) groups excluding carboxylic acids is 1. The summed E-state index contributed by atoms with van der Waals surface area (Å²) in [5.41, 5.74) is 3.71. The minimum atomic E-state index is -3.34. The number of rotatable bonds is 3. The zero-order valence-corrected chi connectivity index (χ0v) is 15.7. The van der Waals surface area contributed by atoms with Crippen LogP contribution in [0.2, 0.25) is 0 Å². The zero-order valence-electron chi connectivity index (χ0n) is 14.9. The molecule has 1 amide bonds. The van der Waals surface area contributed by atoms with Crippen molar-refractivity contribution in [3.63, 3.8) is 0 Å². The Labute approximate surface area is 157 Å². The second-order valence-corrected chi connectivity index (χ2v) is 9.29. The van der Waals surface area contributed by atoms with E-state index in [-0.39, 0.29) is 10.8 Å². The van der Waals surface area contributed by atoms with Crippen LogP contribution in [-0.4, -0.2) is 47.6 Å². The van der Waals surface area contributed by atoms with Gasteiger partial charge in [0.1, 0.15) is 5.69 Å². The van der Waals surface area contributed by atoms with Gasteiger partial charge in [-0.15, -0.1) is 0 Å². The molecule has 1 fully saturated rings. The Balaban J connectivity index is 1.79. The first-order valence-electron chi connectivity index (χ1n) is 9.04. The zero-order chi connectivity index (χ0) is 18.8. The summed E-state index contributed by atoms with van der Waals surface area (Å²) in [5, 5.41) is 0. The van der Waals surface area contributed by atoms with E-state index in [0.29, 0.717) is 23.8 Å². The molecule has 1 aliphatic carbocycles. The molecule has 5 rings (SSSR count). The number of benzene rings is 1. The summed E-state index contributed by atoms with van der Waals surface area (Å²) < 4.78 is 26.1. The van der Waals surface area contributed by atoms with Crippen LogP contribution in [0.5, 0.6) is 0 Å². The third-order valence-electron chi connectivity index (χ3n) is 5.39. The predicted octanol–water partition coefficient (Wildman–Crippen LogP) is 2.73. The molecule has 27 heavy (non-hydrogen) atoms. The quantitative estimate of drug-likeness (QED) is 0.699. The molecular formula is C20H19N3O3S. The van der Waals surface area contributed by atoms with Crippen molar-refractivity contribution in [2.75, 3.05) is 12.8 Å². The van der Waals surface area contributed by atoms with Crippen LogP contribution in [0.4, 0.5) is 0 Å². The first kappa shape index (κ1) is 16.5. The highest BCUT2D eigenvalue weighted by atomic mass is 32.2. The molecule has 3 aromatic rings. The molecule has 0 saturated heterocycles. The fraction of sp³-hybridized carbons (Fsp3) is 0.300. The first-order valence-corrected chi connectivity index (χ1v) is 10.9. The van der Waals surface area contributed by atoms with Crippen LogP contribution in [0, 0.1) is 0 Å².